The summed E-state index contributed by atoms with van der Waals surface area (Å²) in [5.41, 5.74) is 9.18. The van der Waals surface area contributed by atoms with Crippen molar-refractivity contribution in [1.29, 1.82) is 5.26 Å². The third-order valence-corrected chi connectivity index (χ3v) is 5.36. The number of ether oxygens (including phenoxy) is 1. The molecule has 140 valence electrons. The van der Waals surface area contributed by atoms with Gasteiger partial charge in [0.25, 0.3) is 0 Å². The molecule has 3 aromatic rings. The Kier molecular flexibility index (Phi) is 4.72. The summed E-state index contributed by atoms with van der Waals surface area (Å²) < 4.78 is 7.44. The highest BCUT2D eigenvalue weighted by Gasteiger charge is 2.37. The molecule has 8 heteroatoms. The van der Waals surface area contributed by atoms with Gasteiger partial charge in [0.2, 0.25) is 11.8 Å². The summed E-state index contributed by atoms with van der Waals surface area (Å²) in [6.07, 6.45) is 0. The summed E-state index contributed by atoms with van der Waals surface area (Å²) in [6, 6.07) is 14.5. The standard InChI is InChI=1S/C20H13Cl3N4O/c1-10-17-18(14-6-5-12(22)8-16(14)23)15(9-24)19(25)28-20(17)27(26-10)13-4-2-3-11(21)7-13/h2-8,18H,25H2,1H3. The van der Waals surface area contributed by atoms with Crippen molar-refractivity contribution in [2.75, 3.05) is 0 Å². The van der Waals surface area contributed by atoms with Crippen molar-refractivity contribution in [3.8, 4) is 17.6 Å². The summed E-state index contributed by atoms with van der Waals surface area (Å²) in [5.74, 6) is -0.0899. The lowest BCUT2D eigenvalue weighted by atomic mass is 9.84. The molecule has 0 radical (unpaired) electrons. The highest BCUT2D eigenvalue weighted by Crippen LogP contribution is 2.46. The van der Waals surface area contributed by atoms with Gasteiger partial charge in [-0.25, -0.2) is 4.68 Å². The van der Waals surface area contributed by atoms with Crippen LogP contribution in [0, 0.1) is 18.3 Å². The molecule has 28 heavy (non-hydrogen) atoms. The number of benzene rings is 2. The van der Waals surface area contributed by atoms with Gasteiger partial charge in [-0.3, -0.25) is 0 Å². The fraction of sp³-hybridized carbons (Fsp3) is 0.100. The number of nitrogens with zero attached hydrogens (tertiary/aromatic N) is 3. The topological polar surface area (TPSA) is 76.9 Å². The fourth-order valence-corrected chi connectivity index (χ4v) is 4.05. The SMILES string of the molecule is Cc1nn(-c2cccc(Cl)c2)c2c1C(c1ccc(Cl)cc1Cl)C(C#N)=C(N)O2. The van der Waals surface area contributed by atoms with E-state index >= 15 is 0 Å². The number of hydrogen-bond acceptors (Lipinski definition) is 4. The minimum Gasteiger partial charge on any atom is -0.422 e. The van der Waals surface area contributed by atoms with Crippen LogP contribution in [0.1, 0.15) is 22.7 Å². The molecule has 0 amide bonds. The molecule has 0 aliphatic carbocycles. The molecule has 2 heterocycles. The van der Waals surface area contributed by atoms with Gasteiger partial charge in [0, 0.05) is 15.1 Å². The van der Waals surface area contributed by atoms with Crippen LogP contribution < -0.4 is 10.5 Å². The van der Waals surface area contributed by atoms with Crippen molar-refractivity contribution in [2.45, 2.75) is 12.8 Å². The van der Waals surface area contributed by atoms with Crippen LogP contribution in [0.4, 0.5) is 0 Å². The van der Waals surface area contributed by atoms with E-state index in [1.807, 2.05) is 19.1 Å². The Labute approximate surface area is 176 Å². The van der Waals surface area contributed by atoms with Gasteiger partial charge in [-0.15, -0.1) is 0 Å². The average Bonchev–Trinajstić information content (AvgIpc) is 2.97. The van der Waals surface area contributed by atoms with Crippen molar-refractivity contribution in [3.05, 3.63) is 85.8 Å². The Hall–Kier alpha value is -2.65. The second-order valence-corrected chi connectivity index (χ2v) is 7.57. The number of allylic oxidation sites excluding steroid dienone is 1. The predicted molar refractivity (Wildman–Crippen MR) is 109 cm³/mol. The maximum absolute atomic E-state index is 9.73. The Balaban J connectivity index is 1.98. The molecule has 1 aliphatic heterocycles. The Morgan fingerprint density at radius 3 is 2.57 bits per heavy atom. The first-order valence-corrected chi connectivity index (χ1v) is 9.42. The van der Waals surface area contributed by atoms with Crippen LogP contribution in [0.25, 0.3) is 5.69 Å². The molecule has 0 fully saturated rings. The molecule has 5 nitrogen and oxygen atoms in total. The molecule has 2 aromatic carbocycles. The maximum atomic E-state index is 9.73. The first-order valence-electron chi connectivity index (χ1n) is 8.28. The quantitative estimate of drug-likeness (QED) is 0.592. The number of aryl methyl sites for hydroxylation is 1. The third-order valence-electron chi connectivity index (χ3n) is 4.56. The summed E-state index contributed by atoms with van der Waals surface area (Å²) in [6.45, 7) is 1.84. The number of aromatic nitrogens is 2. The molecular weight excluding hydrogens is 419 g/mol. The fourth-order valence-electron chi connectivity index (χ4n) is 3.34. The predicted octanol–water partition coefficient (Wildman–Crippen LogP) is 5.36. The van der Waals surface area contributed by atoms with Crippen molar-refractivity contribution >= 4 is 34.8 Å². The minimum atomic E-state index is -0.522. The molecule has 0 bridgehead atoms. The zero-order valence-electron chi connectivity index (χ0n) is 14.6. The molecule has 1 atom stereocenters. The molecule has 1 unspecified atom stereocenters. The number of halogens is 3. The van der Waals surface area contributed by atoms with Gasteiger partial charge in [-0.05, 0) is 42.8 Å². The summed E-state index contributed by atoms with van der Waals surface area (Å²) >= 11 is 18.6. The maximum Gasteiger partial charge on any atom is 0.229 e. The Morgan fingerprint density at radius 2 is 1.89 bits per heavy atom. The lowest BCUT2D eigenvalue weighted by molar-refractivity contribution is 0.367. The van der Waals surface area contributed by atoms with Crippen molar-refractivity contribution in [1.82, 2.24) is 9.78 Å². The number of nitrogens with two attached hydrogens (primary N) is 1. The number of fused-ring (bicyclic) bond motifs is 1. The van der Waals surface area contributed by atoms with Gasteiger partial charge in [0.05, 0.1) is 22.9 Å². The third kappa shape index (κ3) is 3.00. The first kappa shape index (κ1) is 18.7. The van der Waals surface area contributed by atoms with Crippen LogP contribution in [0.3, 0.4) is 0 Å². The van der Waals surface area contributed by atoms with Crippen LogP contribution in [-0.4, -0.2) is 9.78 Å². The first-order chi connectivity index (χ1) is 13.4. The normalized spacial score (nSPS) is 15.8. The van der Waals surface area contributed by atoms with Gasteiger partial charge in [0.15, 0.2) is 0 Å². The lowest BCUT2D eigenvalue weighted by Gasteiger charge is -2.25. The van der Waals surface area contributed by atoms with Crippen LogP contribution in [0.5, 0.6) is 5.88 Å². The second-order valence-electron chi connectivity index (χ2n) is 6.29. The van der Waals surface area contributed by atoms with Crippen molar-refractivity contribution < 1.29 is 4.74 Å². The highest BCUT2D eigenvalue weighted by molar-refractivity contribution is 6.35. The van der Waals surface area contributed by atoms with E-state index < -0.39 is 5.92 Å². The molecule has 1 aliphatic rings. The zero-order chi connectivity index (χ0) is 20.0. The van der Waals surface area contributed by atoms with E-state index in [0.717, 1.165) is 5.56 Å². The van der Waals surface area contributed by atoms with E-state index in [9.17, 15) is 5.26 Å². The van der Waals surface area contributed by atoms with Crippen molar-refractivity contribution in [3.63, 3.8) is 0 Å². The second kappa shape index (κ2) is 7.06. The van der Waals surface area contributed by atoms with Gasteiger partial charge in [-0.1, -0.05) is 46.9 Å². The largest absolute Gasteiger partial charge is 0.422 e. The Bertz CT molecular complexity index is 1180. The van der Waals surface area contributed by atoms with E-state index in [1.54, 1.807) is 35.0 Å². The lowest BCUT2D eigenvalue weighted by Crippen LogP contribution is -2.22. The van der Waals surface area contributed by atoms with Gasteiger partial charge in [-0.2, -0.15) is 10.4 Å². The molecule has 0 spiro atoms. The summed E-state index contributed by atoms with van der Waals surface area (Å²) in [5, 5.41) is 15.8. The van der Waals surface area contributed by atoms with Crippen molar-refractivity contribution in [2.24, 2.45) is 5.73 Å². The molecule has 0 saturated carbocycles. The van der Waals surface area contributed by atoms with Crippen LogP contribution in [0.15, 0.2) is 53.9 Å². The number of hydrogen-bond donors (Lipinski definition) is 1. The number of rotatable bonds is 2. The molecular formula is C20H13Cl3N4O. The van der Waals surface area contributed by atoms with E-state index in [-0.39, 0.29) is 11.5 Å². The molecule has 0 saturated heterocycles. The van der Waals surface area contributed by atoms with E-state index in [4.69, 9.17) is 45.3 Å². The summed E-state index contributed by atoms with van der Waals surface area (Å²) in [7, 11) is 0. The van der Waals surface area contributed by atoms with Crippen LogP contribution in [-0.2, 0) is 0 Å². The highest BCUT2D eigenvalue weighted by atomic mass is 35.5. The van der Waals surface area contributed by atoms with E-state index in [2.05, 4.69) is 11.2 Å². The van der Waals surface area contributed by atoms with E-state index in [0.29, 0.717) is 37.9 Å². The zero-order valence-corrected chi connectivity index (χ0v) is 16.8. The average molecular weight is 432 g/mol. The minimum absolute atomic E-state index is 0.00851. The van der Waals surface area contributed by atoms with Crippen LogP contribution in [0.2, 0.25) is 15.1 Å². The monoisotopic (exact) mass is 430 g/mol. The smallest absolute Gasteiger partial charge is 0.229 e. The van der Waals surface area contributed by atoms with Gasteiger partial charge < -0.3 is 10.5 Å². The molecule has 2 N–H and O–H groups in total. The Morgan fingerprint density at radius 1 is 1.14 bits per heavy atom. The molecule has 1 aromatic heterocycles. The summed E-state index contributed by atoms with van der Waals surface area (Å²) in [4.78, 5) is 0. The van der Waals surface area contributed by atoms with E-state index in [1.165, 1.54) is 0 Å². The van der Waals surface area contributed by atoms with Gasteiger partial charge >= 0.3 is 0 Å². The van der Waals surface area contributed by atoms with Gasteiger partial charge in [0.1, 0.15) is 11.6 Å². The van der Waals surface area contributed by atoms with Crippen LogP contribution >= 0.6 is 34.8 Å². The number of nitriles is 1. The molecule has 4 rings (SSSR count).